The van der Waals surface area contributed by atoms with Gasteiger partial charge in [0.25, 0.3) is 0 Å². The molecule has 0 aliphatic rings. The minimum absolute atomic E-state index is 1.29. The largest absolute Gasteiger partial charge is 0.0683 e. The quantitative estimate of drug-likeness (QED) is 0.323. The van der Waals surface area contributed by atoms with Crippen LogP contribution in [0.4, 0.5) is 0 Å². The van der Waals surface area contributed by atoms with E-state index in [1.807, 2.05) is 13.8 Å². The van der Waals surface area contributed by atoms with Crippen molar-refractivity contribution in [3.8, 4) is 11.1 Å². The molecule has 0 atom stereocenters. The Hall–Kier alpha value is -2.86. The lowest BCUT2D eigenvalue weighted by Crippen LogP contribution is -1.78. The Bertz CT molecular complexity index is 902. The van der Waals surface area contributed by atoms with Gasteiger partial charge in [-0.2, -0.15) is 0 Å². The smallest absolute Gasteiger partial charge is 0.0181 e. The van der Waals surface area contributed by atoms with E-state index in [-0.39, 0.29) is 0 Å². The summed E-state index contributed by atoms with van der Waals surface area (Å²) >= 11 is 0. The van der Waals surface area contributed by atoms with Crippen LogP contribution in [0.5, 0.6) is 0 Å². The summed E-state index contributed by atoms with van der Waals surface area (Å²) in [7, 11) is 0. The van der Waals surface area contributed by atoms with Crippen LogP contribution in [0.1, 0.15) is 30.5 Å². The molecular formula is C27H30. The first-order valence-electron chi connectivity index (χ1n) is 9.71. The van der Waals surface area contributed by atoms with Gasteiger partial charge in [-0.15, -0.1) is 0 Å². The van der Waals surface area contributed by atoms with Gasteiger partial charge in [0, 0.05) is 0 Å². The normalized spacial score (nSPS) is 9.67. The molecule has 0 unspecified atom stereocenters. The second-order valence-corrected chi connectivity index (χ2v) is 6.58. The molecule has 4 aromatic rings. The molecule has 0 aliphatic heterocycles. The van der Waals surface area contributed by atoms with Crippen molar-refractivity contribution in [3.63, 3.8) is 0 Å². The van der Waals surface area contributed by atoms with Gasteiger partial charge in [-0.1, -0.05) is 122 Å². The van der Waals surface area contributed by atoms with Crippen molar-refractivity contribution in [1.82, 2.24) is 0 Å². The highest BCUT2D eigenvalue weighted by Crippen LogP contribution is 2.19. The van der Waals surface area contributed by atoms with Crippen LogP contribution >= 0.6 is 0 Å². The third kappa shape index (κ3) is 6.11. The molecule has 0 aromatic heterocycles. The lowest BCUT2D eigenvalue weighted by molar-refractivity contribution is 1.45. The second-order valence-electron chi connectivity index (χ2n) is 6.58. The van der Waals surface area contributed by atoms with Crippen molar-refractivity contribution in [2.24, 2.45) is 0 Å². The third-order valence-corrected chi connectivity index (χ3v) is 4.34. The van der Waals surface area contributed by atoms with Gasteiger partial charge in [0.1, 0.15) is 0 Å². The van der Waals surface area contributed by atoms with Gasteiger partial charge in [0.2, 0.25) is 0 Å². The van der Waals surface area contributed by atoms with E-state index in [1.54, 1.807) is 0 Å². The van der Waals surface area contributed by atoms with E-state index in [1.165, 1.54) is 38.6 Å². The summed E-state index contributed by atoms with van der Waals surface area (Å²) in [6.07, 6.45) is 0. The summed E-state index contributed by atoms with van der Waals surface area (Å²) < 4.78 is 0. The molecule has 0 saturated heterocycles. The molecule has 0 radical (unpaired) electrons. The molecule has 0 nitrogen and oxygen atoms in total. The van der Waals surface area contributed by atoms with Crippen molar-refractivity contribution < 1.29 is 0 Å². The summed E-state index contributed by atoms with van der Waals surface area (Å²) in [4.78, 5) is 0. The number of benzene rings is 4. The highest BCUT2D eigenvalue weighted by Gasteiger charge is 1.95. The molecule has 138 valence electrons. The average molecular weight is 355 g/mol. The SMILES string of the molecule is CC.Cc1ccc(-c2ccc(C)cc2)cc1.Cc1ccc2ccccc2c1. The molecular weight excluding hydrogens is 324 g/mol. The molecule has 0 heterocycles. The Kier molecular flexibility index (Phi) is 7.82. The number of hydrogen-bond acceptors (Lipinski definition) is 0. The molecule has 4 aromatic carbocycles. The van der Waals surface area contributed by atoms with Gasteiger partial charge >= 0.3 is 0 Å². The van der Waals surface area contributed by atoms with E-state index < -0.39 is 0 Å². The van der Waals surface area contributed by atoms with Crippen LogP contribution in [0.3, 0.4) is 0 Å². The first kappa shape index (κ1) is 20.5. The fraction of sp³-hybridized carbons (Fsp3) is 0.185. The number of fused-ring (bicyclic) bond motifs is 1. The average Bonchev–Trinajstić information content (AvgIpc) is 2.71. The molecule has 27 heavy (non-hydrogen) atoms. The van der Waals surface area contributed by atoms with Gasteiger partial charge in [0.15, 0.2) is 0 Å². The standard InChI is InChI=1S/C14H14.C11H10.C2H6/c1-11-3-7-13(8-4-11)14-9-5-12(2)6-10-14;1-9-6-7-10-4-2-3-5-11(10)8-9;1-2/h3-10H,1-2H3;2-8H,1H3;1-2H3. The van der Waals surface area contributed by atoms with E-state index >= 15 is 0 Å². The van der Waals surface area contributed by atoms with Gasteiger partial charge in [-0.05, 0) is 42.7 Å². The van der Waals surface area contributed by atoms with Crippen molar-refractivity contribution in [3.05, 3.63) is 108 Å². The van der Waals surface area contributed by atoms with Gasteiger partial charge < -0.3 is 0 Å². The fourth-order valence-corrected chi connectivity index (χ4v) is 2.80. The Morgan fingerprint density at radius 2 is 0.815 bits per heavy atom. The molecule has 0 heteroatoms. The van der Waals surface area contributed by atoms with Crippen LogP contribution in [-0.4, -0.2) is 0 Å². The Balaban J connectivity index is 0.000000181. The van der Waals surface area contributed by atoms with Crippen molar-refractivity contribution in [1.29, 1.82) is 0 Å². The lowest BCUT2D eigenvalue weighted by atomic mass is 10.0. The van der Waals surface area contributed by atoms with Gasteiger partial charge in [-0.25, -0.2) is 0 Å². The second kappa shape index (κ2) is 10.3. The summed E-state index contributed by atoms with van der Waals surface area (Å²) in [6.45, 7) is 10.3. The molecule has 0 N–H and O–H groups in total. The Morgan fingerprint density at radius 3 is 1.30 bits per heavy atom. The fourth-order valence-electron chi connectivity index (χ4n) is 2.80. The van der Waals surface area contributed by atoms with E-state index in [0.717, 1.165) is 0 Å². The minimum Gasteiger partial charge on any atom is -0.0683 e. The first-order valence-corrected chi connectivity index (χ1v) is 9.71. The molecule has 0 spiro atoms. The van der Waals surface area contributed by atoms with E-state index in [4.69, 9.17) is 0 Å². The van der Waals surface area contributed by atoms with Crippen molar-refractivity contribution >= 4 is 10.8 Å². The molecule has 0 amide bonds. The maximum absolute atomic E-state index is 2.20. The summed E-state index contributed by atoms with van der Waals surface area (Å²) in [5.41, 5.74) is 6.51. The van der Waals surface area contributed by atoms with E-state index in [2.05, 4.69) is 112 Å². The Labute approximate surface area is 164 Å². The van der Waals surface area contributed by atoms with Gasteiger partial charge in [-0.3, -0.25) is 0 Å². The lowest BCUT2D eigenvalue weighted by Gasteiger charge is -2.02. The van der Waals surface area contributed by atoms with Crippen LogP contribution < -0.4 is 0 Å². The predicted molar refractivity (Wildman–Crippen MR) is 121 cm³/mol. The van der Waals surface area contributed by atoms with Crippen LogP contribution in [0.15, 0.2) is 91.0 Å². The zero-order valence-corrected chi connectivity index (χ0v) is 17.2. The third-order valence-electron chi connectivity index (χ3n) is 4.34. The minimum atomic E-state index is 1.29. The summed E-state index contributed by atoms with van der Waals surface area (Å²) in [6, 6.07) is 32.2. The van der Waals surface area contributed by atoms with Crippen molar-refractivity contribution in [2.45, 2.75) is 34.6 Å². The maximum atomic E-state index is 2.20. The van der Waals surface area contributed by atoms with Gasteiger partial charge in [0.05, 0.1) is 0 Å². The van der Waals surface area contributed by atoms with E-state index in [0.29, 0.717) is 0 Å². The summed E-state index contributed by atoms with van der Waals surface area (Å²) in [5, 5.41) is 2.64. The van der Waals surface area contributed by atoms with Crippen LogP contribution in [0, 0.1) is 20.8 Å². The molecule has 0 fully saturated rings. The zero-order valence-electron chi connectivity index (χ0n) is 17.2. The molecule has 0 bridgehead atoms. The molecule has 0 saturated carbocycles. The Morgan fingerprint density at radius 1 is 0.407 bits per heavy atom. The summed E-state index contributed by atoms with van der Waals surface area (Å²) in [5.74, 6) is 0. The van der Waals surface area contributed by atoms with Crippen LogP contribution in [-0.2, 0) is 0 Å². The van der Waals surface area contributed by atoms with Crippen LogP contribution in [0.2, 0.25) is 0 Å². The number of hydrogen-bond donors (Lipinski definition) is 0. The highest BCUT2D eigenvalue weighted by molar-refractivity contribution is 5.82. The first-order chi connectivity index (χ1) is 13.1. The van der Waals surface area contributed by atoms with Crippen LogP contribution in [0.25, 0.3) is 21.9 Å². The zero-order chi connectivity index (χ0) is 19.6. The molecule has 0 aliphatic carbocycles. The van der Waals surface area contributed by atoms with Crippen molar-refractivity contribution in [2.75, 3.05) is 0 Å². The maximum Gasteiger partial charge on any atom is -0.0181 e. The number of rotatable bonds is 1. The monoisotopic (exact) mass is 354 g/mol. The molecule has 4 rings (SSSR count). The topological polar surface area (TPSA) is 0 Å². The number of aryl methyl sites for hydroxylation is 3. The van der Waals surface area contributed by atoms with E-state index in [9.17, 15) is 0 Å². The highest BCUT2D eigenvalue weighted by atomic mass is 14.0. The predicted octanol–water partition coefficient (Wildman–Crippen LogP) is 8.14.